The Morgan fingerprint density at radius 1 is 1.06 bits per heavy atom. The molecule has 0 saturated carbocycles. The third-order valence-corrected chi connectivity index (χ3v) is 2.56. The summed E-state index contributed by atoms with van der Waals surface area (Å²) >= 11 is 0. The van der Waals surface area contributed by atoms with E-state index in [0.29, 0.717) is 0 Å². The van der Waals surface area contributed by atoms with E-state index >= 15 is 0 Å². The van der Waals surface area contributed by atoms with Crippen LogP contribution in [0.2, 0.25) is 0 Å². The van der Waals surface area contributed by atoms with Crippen LogP contribution >= 0.6 is 0 Å². The van der Waals surface area contributed by atoms with Crippen molar-refractivity contribution in [3.63, 3.8) is 0 Å². The minimum absolute atomic E-state index is 0.253. The van der Waals surface area contributed by atoms with Crippen LogP contribution in [0.3, 0.4) is 0 Å². The van der Waals surface area contributed by atoms with Crippen molar-refractivity contribution in [2.75, 3.05) is 0 Å². The number of H-pyrrole nitrogens is 2. The normalized spacial score (nSPS) is 10.6. The van der Waals surface area contributed by atoms with Crippen LogP contribution in [0, 0.1) is 5.82 Å². The largest absolute Gasteiger partial charge is 0.345 e. The van der Waals surface area contributed by atoms with Gasteiger partial charge in [0.25, 0.3) is 0 Å². The second-order valence-electron chi connectivity index (χ2n) is 3.63. The topological polar surface area (TPSA) is 57.4 Å². The third kappa shape index (κ3) is 1.71. The number of benzene rings is 1. The summed E-state index contributed by atoms with van der Waals surface area (Å²) in [5, 5.41) is 6.92. The van der Waals surface area contributed by atoms with Gasteiger partial charge in [-0.15, -0.1) is 0 Å². The molecule has 2 heterocycles. The lowest BCUT2D eigenvalue weighted by atomic mass is 10.1. The summed E-state index contributed by atoms with van der Waals surface area (Å²) in [6, 6.07) is 6.27. The van der Waals surface area contributed by atoms with Gasteiger partial charge in [0.05, 0.1) is 30.1 Å². The Bertz CT molecular complexity index is 610. The number of aromatic nitrogens is 4. The number of hydrogen-bond acceptors (Lipinski definition) is 2. The van der Waals surface area contributed by atoms with Gasteiger partial charge < -0.3 is 4.98 Å². The summed E-state index contributed by atoms with van der Waals surface area (Å²) in [5.41, 5.74) is 3.51. The SMILES string of the molecule is Fc1ccc(-c2[nH]ncc2-c2cnc[nH]2)cc1. The second kappa shape index (κ2) is 3.86. The average Bonchev–Trinajstić information content (AvgIpc) is 3.00. The minimum atomic E-state index is -0.253. The standard InChI is InChI=1S/C12H9FN4/c13-9-3-1-8(2-4-9)12-10(5-16-17-12)11-6-14-7-15-11/h1-7H,(H,14,15)(H,16,17). The maximum Gasteiger partial charge on any atom is 0.123 e. The maximum atomic E-state index is 12.9. The second-order valence-corrected chi connectivity index (χ2v) is 3.63. The molecule has 1 aromatic carbocycles. The first kappa shape index (κ1) is 9.77. The van der Waals surface area contributed by atoms with E-state index in [9.17, 15) is 4.39 Å². The predicted octanol–water partition coefficient (Wildman–Crippen LogP) is 2.61. The van der Waals surface area contributed by atoms with Gasteiger partial charge in [-0.1, -0.05) is 0 Å². The maximum absolute atomic E-state index is 12.9. The van der Waals surface area contributed by atoms with Crippen molar-refractivity contribution in [3.05, 3.63) is 48.8 Å². The van der Waals surface area contributed by atoms with Gasteiger partial charge in [-0.25, -0.2) is 9.37 Å². The Labute approximate surface area is 96.5 Å². The van der Waals surface area contributed by atoms with E-state index < -0.39 is 0 Å². The highest BCUT2D eigenvalue weighted by molar-refractivity contribution is 5.78. The molecule has 84 valence electrons. The van der Waals surface area contributed by atoms with Crippen LogP contribution in [0.4, 0.5) is 4.39 Å². The number of nitrogens with zero attached hydrogens (tertiary/aromatic N) is 2. The Hall–Kier alpha value is -2.43. The number of hydrogen-bond donors (Lipinski definition) is 2. The van der Waals surface area contributed by atoms with Crippen LogP contribution in [0.15, 0.2) is 43.0 Å². The summed E-state index contributed by atoms with van der Waals surface area (Å²) in [6.07, 6.45) is 5.04. The van der Waals surface area contributed by atoms with Crippen LogP contribution in [0.25, 0.3) is 22.5 Å². The molecule has 17 heavy (non-hydrogen) atoms. The first-order chi connectivity index (χ1) is 8.34. The van der Waals surface area contributed by atoms with Crippen molar-refractivity contribution < 1.29 is 4.39 Å². The van der Waals surface area contributed by atoms with Crippen molar-refractivity contribution in [2.45, 2.75) is 0 Å². The van der Waals surface area contributed by atoms with E-state index in [1.54, 1.807) is 30.9 Å². The van der Waals surface area contributed by atoms with E-state index in [2.05, 4.69) is 20.2 Å². The zero-order valence-electron chi connectivity index (χ0n) is 8.81. The van der Waals surface area contributed by atoms with Crippen LogP contribution in [-0.4, -0.2) is 20.2 Å². The molecule has 0 unspecified atom stereocenters. The van der Waals surface area contributed by atoms with Crippen molar-refractivity contribution in [1.82, 2.24) is 20.2 Å². The average molecular weight is 228 g/mol. The molecule has 4 nitrogen and oxygen atoms in total. The molecular weight excluding hydrogens is 219 g/mol. The monoisotopic (exact) mass is 228 g/mol. The lowest BCUT2D eigenvalue weighted by Crippen LogP contribution is -1.83. The first-order valence-corrected chi connectivity index (χ1v) is 5.12. The number of aromatic amines is 2. The van der Waals surface area contributed by atoms with Gasteiger partial charge >= 0.3 is 0 Å². The molecule has 0 aliphatic carbocycles. The van der Waals surface area contributed by atoms with Crippen LogP contribution in [0.1, 0.15) is 0 Å². The minimum Gasteiger partial charge on any atom is -0.345 e. The highest BCUT2D eigenvalue weighted by atomic mass is 19.1. The Balaban J connectivity index is 2.10. The van der Waals surface area contributed by atoms with Crippen molar-refractivity contribution >= 4 is 0 Å². The summed E-state index contributed by atoms with van der Waals surface area (Å²) in [5.74, 6) is -0.253. The molecule has 5 heteroatoms. The lowest BCUT2D eigenvalue weighted by Gasteiger charge is -2.01. The number of imidazole rings is 1. The van der Waals surface area contributed by atoms with Crippen LogP contribution < -0.4 is 0 Å². The molecule has 0 bridgehead atoms. The van der Waals surface area contributed by atoms with Gasteiger partial charge in [0.1, 0.15) is 5.82 Å². The highest BCUT2D eigenvalue weighted by Crippen LogP contribution is 2.28. The van der Waals surface area contributed by atoms with E-state index in [0.717, 1.165) is 22.5 Å². The molecule has 0 amide bonds. The van der Waals surface area contributed by atoms with E-state index in [-0.39, 0.29) is 5.82 Å². The number of rotatable bonds is 2. The van der Waals surface area contributed by atoms with Gasteiger partial charge in [0, 0.05) is 11.1 Å². The molecule has 0 aliphatic heterocycles. The predicted molar refractivity (Wildman–Crippen MR) is 61.6 cm³/mol. The summed E-state index contributed by atoms with van der Waals surface area (Å²) in [7, 11) is 0. The first-order valence-electron chi connectivity index (χ1n) is 5.12. The zero-order chi connectivity index (χ0) is 11.7. The van der Waals surface area contributed by atoms with Gasteiger partial charge in [0.2, 0.25) is 0 Å². The van der Waals surface area contributed by atoms with Crippen LogP contribution in [0.5, 0.6) is 0 Å². The van der Waals surface area contributed by atoms with Crippen molar-refractivity contribution in [2.24, 2.45) is 0 Å². The smallest absolute Gasteiger partial charge is 0.123 e. The Morgan fingerprint density at radius 2 is 1.88 bits per heavy atom. The third-order valence-electron chi connectivity index (χ3n) is 2.56. The zero-order valence-corrected chi connectivity index (χ0v) is 8.81. The quantitative estimate of drug-likeness (QED) is 0.708. The molecule has 0 fully saturated rings. The van der Waals surface area contributed by atoms with Gasteiger partial charge in [-0.2, -0.15) is 5.10 Å². The number of nitrogens with one attached hydrogen (secondary N) is 2. The molecule has 3 aromatic rings. The Kier molecular flexibility index (Phi) is 2.22. The van der Waals surface area contributed by atoms with Crippen molar-refractivity contribution in [1.29, 1.82) is 0 Å². The summed E-state index contributed by atoms with van der Waals surface area (Å²) < 4.78 is 12.9. The fourth-order valence-corrected chi connectivity index (χ4v) is 1.73. The Morgan fingerprint density at radius 3 is 2.59 bits per heavy atom. The fourth-order valence-electron chi connectivity index (χ4n) is 1.73. The van der Waals surface area contributed by atoms with Gasteiger partial charge in [-0.05, 0) is 24.3 Å². The summed E-state index contributed by atoms with van der Waals surface area (Å²) in [4.78, 5) is 6.99. The molecule has 0 aliphatic rings. The molecule has 0 spiro atoms. The van der Waals surface area contributed by atoms with Crippen molar-refractivity contribution in [3.8, 4) is 22.5 Å². The molecule has 3 rings (SSSR count). The lowest BCUT2D eigenvalue weighted by molar-refractivity contribution is 0.628. The molecule has 0 atom stereocenters. The number of halogens is 1. The molecular formula is C12H9FN4. The molecule has 2 N–H and O–H groups in total. The summed E-state index contributed by atoms with van der Waals surface area (Å²) in [6.45, 7) is 0. The molecule has 0 saturated heterocycles. The molecule has 0 radical (unpaired) electrons. The van der Waals surface area contributed by atoms with E-state index in [1.165, 1.54) is 12.1 Å². The highest BCUT2D eigenvalue weighted by Gasteiger charge is 2.10. The van der Waals surface area contributed by atoms with Gasteiger partial charge in [0.15, 0.2) is 0 Å². The fraction of sp³-hybridized carbons (Fsp3) is 0. The molecule has 2 aromatic heterocycles. The van der Waals surface area contributed by atoms with Crippen LogP contribution in [-0.2, 0) is 0 Å². The van der Waals surface area contributed by atoms with Gasteiger partial charge in [-0.3, -0.25) is 5.10 Å². The van der Waals surface area contributed by atoms with E-state index in [1.807, 2.05) is 0 Å². The van der Waals surface area contributed by atoms with E-state index in [4.69, 9.17) is 0 Å².